The highest BCUT2D eigenvalue weighted by Crippen LogP contribution is 2.16. The molecular formula is C16H18BrNO3. The molecule has 1 N–H and O–H groups in total. The second kappa shape index (κ2) is 8.00. The zero-order chi connectivity index (χ0) is 15.1. The normalized spacial score (nSPS) is 12.1. The van der Waals surface area contributed by atoms with Crippen LogP contribution in [0, 0.1) is 0 Å². The van der Waals surface area contributed by atoms with Crippen LogP contribution in [0.3, 0.4) is 0 Å². The summed E-state index contributed by atoms with van der Waals surface area (Å²) in [6, 6.07) is 13.4. The van der Waals surface area contributed by atoms with Crippen molar-refractivity contribution in [1.29, 1.82) is 0 Å². The van der Waals surface area contributed by atoms with Crippen molar-refractivity contribution >= 4 is 21.8 Å². The molecule has 0 fully saturated rings. The van der Waals surface area contributed by atoms with Gasteiger partial charge in [-0.15, -0.1) is 0 Å². The van der Waals surface area contributed by atoms with Crippen LogP contribution in [0.15, 0.2) is 51.6 Å². The van der Waals surface area contributed by atoms with Crippen molar-refractivity contribution in [2.45, 2.75) is 19.4 Å². The minimum absolute atomic E-state index is 0.0583. The van der Waals surface area contributed by atoms with Crippen molar-refractivity contribution in [2.75, 3.05) is 13.2 Å². The highest BCUT2D eigenvalue weighted by atomic mass is 79.9. The molecule has 2 rings (SSSR count). The van der Waals surface area contributed by atoms with Gasteiger partial charge in [0.2, 0.25) is 0 Å². The average Bonchev–Trinajstić information content (AvgIpc) is 2.94. The number of nitrogens with one attached hydrogen (secondary N) is 1. The molecule has 0 saturated carbocycles. The predicted octanol–water partition coefficient (Wildman–Crippen LogP) is 3.94. The summed E-state index contributed by atoms with van der Waals surface area (Å²) >= 11 is 3.16. The smallest absolute Gasteiger partial charge is 0.287 e. The van der Waals surface area contributed by atoms with Gasteiger partial charge >= 0.3 is 0 Å². The molecule has 0 aliphatic carbocycles. The molecule has 112 valence electrons. The zero-order valence-corrected chi connectivity index (χ0v) is 13.4. The summed E-state index contributed by atoms with van der Waals surface area (Å²) in [5, 5.41) is 2.79. The Morgan fingerprint density at radius 3 is 2.71 bits per heavy atom. The van der Waals surface area contributed by atoms with Crippen molar-refractivity contribution in [2.24, 2.45) is 0 Å². The van der Waals surface area contributed by atoms with E-state index in [2.05, 4.69) is 21.2 Å². The van der Waals surface area contributed by atoms with Crippen LogP contribution < -0.4 is 5.32 Å². The van der Waals surface area contributed by atoms with Crippen LogP contribution in [0.25, 0.3) is 0 Å². The first kappa shape index (κ1) is 15.8. The first-order valence-corrected chi connectivity index (χ1v) is 7.66. The highest BCUT2D eigenvalue weighted by molar-refractivity contribution is 9.10. The van der Waals surface area contributed by atoms with Gasteiger partial charge in [-0.2, -0.15) is 0 Å². The molecule has 4 nitrogen and oxygen atoms in total. The number of furan rings is 1. The van der Waals surface area contributed by atoms with E-state index in [0.29, 0.717) is 23.6 Å². The molecule has 1 atom stereocenters. The van der Waals surface area contributed by atoms with E-state index in [1.54, 1.807) is 12.1 Å². The maximum Gasteiger partial charge on any atom is 0.287 e. The lowest BCUT2D eigenvalue weighted by molar-refractivity contribution is 0.0633. The topological polar surface area (TPSA) is 51.5 Å². The molecule has 21 heavy (non-hydrogen) atoms. The summed E-state index contributed by atoms with van der Waals surface area (Å²) in [6.07, 6.45) is 0.813. The second-order valence-electron chi connectivity index (χ2n) is 4.64. The highest BCUT2D eigenvalue weighted by Gasteiger charge is 2.09. The van der Waals surface area contributed by atoms with E-state index in [4.69, 9.17) is 9.15 Å². The third-order valence-electron chi connectivity index (χ3n) is 3.04. The van der Waals surface area contributed by atoms with Gasteiger partial charge < -0.3 is 14.5 Å². The van der Waals surface area contributed by atoms with Gasteiger partial charge in [0.15, 0.2) is 10.4 Å². The molecule has 1 amide bonds. The molecule has 0 aliphatic rings. The van der Waals surface area contributed by atoms with Crippen molar-refractivity contribution in [1.82, 2.24) is 5.32 Å². The van der Waals surface area contributed by atoms with Crippen LogP contribution in [-0.4, -0.2) is 19.1 Å². The SMILES string of the molecule is CC(OCCCNC(=O)c1ccc(Br)o1)c1ccccc1. The summed E-state index contributed by atoms with van der Waals surface area (Å²) in [5.41, 5.74) is 1.15. The Morgan fingerprint density at radius 2 is 2.05 bits per heavy atom. The Kier molecular flexibility index (Phi) is 6.02. The Labute approximate surface area is 132 Å². The van der Waals surface area contributed by atoms with Crippen LogP contribution in [-0.2, 0) is 4.74 Å². The quantitative estimate of drug-likeness (QED) is 0.768. The van der Waals surface area contributed by atoms with Gasteiger partial charge in [0.1, 0.15) is 0 Å². The van der Waals surface area contributed by atoms with E-state index in [9.17, 15) is 4.79 Å². The molecule has 0 bridgehead atoms. The molecule has 1 aromatic heterocycles. The minimum Gasteiger partial charge on any atom is -0.444 e. The van der Waals surface area contributed by atoms with Gasteiger partial charge in [0, 0.05) is 13.2 Å². The maximum absolute atomic E-state index is 11.7. The van der Waals surface area contributed by atoms with Gasteiger partial charge in [-0.05, 0) is 47.0 Å². The summed E-state index contributed by atoms with van der Waals surface area (Å²) in [6.45, 7) is 3.17. The predicted molar refractivity (Wildman–Crippen MR) is 84.2 cm³/mol. The Hall–Kier alpha value is -1.59. The molecule has 5 heteroatoms. The Bertz CT molecular complexity index is 568. The van der Waals surface area contributed by atoms with Crippen LogP contribution >= 0.6 is 15.9 Å². The van der Waals surface area contributed by atoms with Crippen molar-refractivity contribution in [3.63, 3.8) is 0 Å². The van der Waals surface area contributed by atoms with E-state index < -0.39 is 0 Å². The first-order chi connectivity index (χ1) is 10.2. The lowest BCUT2D eigenvalue weighted by atomic mass is 10.1. The number of benzene rings is 1. The molecule has 1 aromatic carbocycles. The van der Waals surface area contributed by atoms with Gasteiger partial charge in [0.05, 0.1) is 6.10 Å². The summed E-state index contributed by atoms with van der Waals surface area (Å²) < 4.78 is 11.5. The van der Waals surface area contributed by atoms with E-state index in [1.807, 2.05) is 37.3 Å². The maximum atomic E-state index is 11.7. The fourth-order valence-electron chi connectivity index (χ4n) is 1.88. The summed E-state index contributed by atoms with van der Waals surface area (Å²) in [5.74, 6) is 0.0947. The number of carbonyl (C=O) groups is 1. The summed E-state index contributed by atoms with van der Waals surface area (Å²) in [7, 11) is 0. The monoisotopic (exact) mass is 351 g/mol. The average molecular weight is 352 g/mol. The lowest BCUT2D eigenvalue weighted by Crippen LogP contribution is -2.24. The van der Waals surface area contributed by atoms with Gasteiger partial charge in [-0.1, -0.05) is 30.3 Å². The number of halogens is 1. The Morgan fingerprint density at radius 1 is 1.29 bits per heavy atom. The molecule has 0 spiro atoms. The summed E-state index contributed by atoms with van der Waals surface area (Å²) in [4.78, 5) is 11.7. The third kappa shape index (κ3) is 5.02. The van der Waals surface area contributed by atoms with Crippen LogP contribution in [0.4, 0.5) is 0 Å². The lowest BCUT2D eigenvalue weighted by Gasteiger charge is -2.13. The van der Waals surface area contributed by atoms with Crippen molar-refractivity contribution in [3.8, 4) is 0 Å². The number of hydrogen-bond donors (Lipinski definition) is 1. The largest absolute Gasteiger partial charge is 0.444 e. The van der Waals surface area contributed by atoms with Gasteiger partial charge in [0.25, 0.3) is 5.91 Å². The fraction of sp³-hybridized carbons (Fsp3) is 0.312. The molecule has 1 unspecified atom stereocenters. The molecular weight excluding hydrogens is 334 g/mol. The minimum atomic E-state index is -0.211. The molecule has 0 radical (unpaired) electrons. The standard InChI is InChI=1S/C16H18BrNO3/c1-12(13-6-3-2-4-7-13)20-11-5-10-18-16(19)14-8-9-15(17)21-14/h2-4,6-9,12H,5,10-11H2,1H3,(H,18,19). The van der Waals surface area contributed by atoms with Gasteiger partial charge in [-0.3, -0.25) is 4.79 Å². The zero-order valence-electron chi connectivity index (χ0n) is 11.8. The van der Waals surface area contributed by atoms with Crippen LogP contribution in [0.5, 0.6) is 0 Å². The molecule has 1 heterocycles. The number of carbonyl (C=O) groups excluding carboxylic acids is 1. The van der Waals surface area contributed by atoms with Gasteiger partial charge in [-0.25, -0.2) is 0 Å². The first-order valence-electron chi connectivity index (χ1n) is 6.87. The van der Waals surface area contributed by atoms with Crippen LogP contribution in [0.1, 0.15) is 35.6 Å². The molecule has 0 aliphatic heterocycles. The third-order valence-corrected chi connectivity index (χ3v) is 3.47. The fourth-order valence-corrected chi connectivity index (χ4v) is 2.18. The number of amides is 1. The Balaban J connectivity index is 1.63. The van der Waals surface area contributed by atoms with Crippen molar-refractivity contribution < 1.29 is 13.9 Å². The number of ether oxygens (including phenoxy) is 1. The van der Waals surface area contributed by atoms with Crippen LogP contribution in [0.2, 0.25) is 0 Å². The molecule has 2 aromatic rings. The van der Waals surface area contributed by atoms with E-state index in [1.165, 1.54) is 0 Å². The second-order valence-corrected chi connectivity index (χ2v) is 5.42. The number of rotatable bonds is 7. The van der Waals surface area contributed by atoms with Crippen molar-refractivity contribution in [3.05, 3.63) is 58.5 Å². The van der Waals surface area contributed by atoms with E-state index in [-0.39, 0.29) is 12.0 Å². The number of hydrogen-bond acceptors (Lipinski definition) is 3. The van der Waals surface area contributed by atoms with E-state index >= 15 is 0 Å². The van der Waals surface area contributed by atoms with E-state index in [0.717, 1.165) is 12.0 Å². The molecule has 0 saturated heterocycles.